The van der Waals surface area contributed by atoms with Crippen molar-refractivity contribution < 1.29 is 13.2 Å². The highest BCUT2D eigenvalue weighted by atomic mass is 32.2. The van der Waals surface area contributed by atoms with Gasteiger partial charge in [0.25, 0.3) is 0 Å². The van der Waals surface area contributed by atoms with Crippen molar-refractivity contribution in [2.45, 2.75) is 30.2 Å². The van der Waals surface area contributed by atoms with E-state index >= 15 is 0 Å². The number of ketones is 1. The lowest BCUT2D eigenvalue weighted by Crippen LogP contribution is -2.26. The number of hydrogen-bond donors (Lipinski definition) is 2. The van der Waals surface area contributed by atoms with Crippen molar-refractivity contribution in [2.75, 3.05) is 30.0 Å². The third-order valence-electron chi connectivity index (χ3n) is 3.94. The molecule has 4 N–H and O–H groups in total. The number of hydrogen-bond acceptors (Lipinski definition) is 7. The number of rotatable bonds is 4. The van der Waals surface area contributed by atoms with Gasteiger partial charge in [-0.05, 0) is 19.3 Å². The Morgan fingerprint density at radius 1 is 1.33 bits per heavy atom. The van der Waals surface area contributed by atoms with E-state index in [1.54, 1.807) is 0 Å². The summed E-state index contributed by atoms with van der Waals surface area (Å²) in [7, 11) is -3.49. The summed E-state index contributed by atoms with van der Waals surface area (Å²) in [5.41, 5.74) is 12.0. The summed E-state index contributed by atoms with van der Waals surface area (Å²) < 4.78 is 24.2. The zero-order valence-electron chi connectivity index (χ0n) is 11.8. The smallest absolute Gasteiger partial charge is 0.180 e. The van der Waals surface area contributed by atoms with E-state index in [0.29, 0.717) is 23.0 Å². The molecule has 0 aromatic carbocycles. The maximum atomic E-state index is 12.3. The predicted molar refractivity (Wildman–Crippen MR) is 83.7 cm³/mol. The molecule has 116 valence electrons. The lowest BCUT2D eigenvalue weighted by atomic mass is 10.2. The van der Waals surface area contributed by atoms with Gasteiger partial charge in [0.2, 0.25) is 0 Å². The van der Waals surface area contributed by atoms with Crippen LogP contribution >= 0.6 is 11.3 Å². The molecule has 2 heterocycles. The van der Waals surface area contributed by atoms with Crippen molar-refractivity contribution in [1.29, 1.82) is 0 Å². The van der Waals surface area contributed by atoms with Crippen molar-refractivity contribution >= 4 is 37.6 Å². The fourth-order valence-electron chi connectivity index (χ4n) is 2.67. The Kier molecular flexibility index (Phi) is 3.50. The SMILES string of the molecule is CS(=O)(=O)c1c(N2CCC(N)C2)sc(C(=O)C2CC2)c1N. The minimum atomic E-state index is -3.49. The van der Waals surface area contributed by atoms with Crippen LogP contribution in [0, 0.1) is 5.92 Å². The normalized spacial score (nSPS) is 22.8. The van der Waals surface area contributed by atoms with E-state index in [2.05, 4.69) is 0 Å². The molecule has 21 heavy (non-hydrogen) atoms. The molecule has 2 fully saturated rings. The Hall–Kier alpha value is -1.12. The van der Waals surface area contributed by atoms with Gasteiger partial charge in [-0.2, -0.15) is 0 Å². The molecule has 0 bridgehead atoms. The largest absolute Gasteiger partial charge is 0.396 e. The van der Waals surface area contributed by atoms with Gasteiger partial charge in [0.1, 0.15) is 9.90 Å². The first-order valence-electron chi connectivity index (χ1n) is 6.96. The van der Waals surface area contributed by atoms with Crippen molar-refractivity contribution in [1.82, 2.24) is 0 Å². The van der Waals surface area contributed by atoms with Crippen LogP contribution in [0.2, 0.25) is 0 Å². The number of Topliss-reactive ketones (excluding diaryl/α,β-unsaturated/α-hetero) is 1. The van der Waals surface area contributed by atoms with Crippen LogP contribution < -0.4 is 16.4 Å². The fraction of sp³-hybridized carbons (Fsp3) is 0.615. The Morgan fingerprint density at radius 3 is 2.48 bits per heavy atom. The Morgan fingerprint density at radius 2 is 2.00 bits per heavy atom. The predicted octanol–water partition coefficient (Wildman–Crippen LogP) is 0.864. The Bertz CT molecular complexity index is 692. The molecule has 6 nitrogen and oxygen atoms in total. The van der Waals surface area contributed by atoms with E-state index in [9.17, 15) is 13.2 Å². The van der Waals surface area contributed by atoms with Crippen LogP contribution in [-0.2, 0) is 9.84 Å². The number of anilines is 2. The lowest BCUT2D eigenvalue weighted by molar-refractivity contribution is 0.0972. The van der Waals surface area contributed by atoms with E-state index < -0.39 is 9.84 Å². The van der Waals surface area contributed by atoms with Crippen molar-refractivity contribution in [3.05, 3.63) is 4.88 Å². The second-order valence-corrected chi connectivity index (χ2v) is 8.84. The highest BCUT2D eigenvalue weighted by Crippen LogP contribution is 2.45. The number of nitrogens with two attached hydrogens (primary N) is 2. The maximum absolute atomic E-state index is 12.3. The molecule has 0 amide bonds. The van der Waals surface area contributed by atoms with Crippen LogP contribution in [0.25, 0.3) is 0 Å². The van der Waals surface area contributed by atoms with Gasteiger partial charge in [-0.3, -0.25) is 4.79 Å². The molecule has 1 aliphatic heterocycles. The molecule has 8 heteroatoms. The minimum Gasteiger partial charge on any atom is -0.396 e. The minimum absolute atomic E-state index is 0.0165. The summed E-state index contributed by atoms with van der Waals surface area (Å²) in [6, 6.07) is 0.0309. The van der Waals surface area contributed by atoms with Gasteiger partial charge in [0.05, 0.1) is 10.6 Å². The average Bonchev–Trinajstić information content (AvgIpc) is 3.04. The second kappa shape index (κ2) is 4.96. The molecule has 1 saturated carbocycles. The van der Waals surface area contributed by atoms with Gasteiger partial charge in [0, 0.05) is 31.3 Å². The topological polar surface area (TPSA) is 106 Å². The third kappa shape index (κ3) is 2.67. The van der Waals surface area contributed by atoms with Crippen LogP contribution in [0.3, 0.4) is 0 Å². The van der Waals surface area contributed by atoms with Gasteiger partial charge in [0.15, 0.2) is 15.6 Å². The van der Waals surface area contributed by atoms with Crippen LogP contribution in [0.5, 0.6) is 0 Å². The van der Waals surface area contributed by atoms with Gasteiger partial charge in [-0.25, -0.2) is 8.42 Å². The van der Waals surface area contributed by atoms with Crippen molar-refractivity contribution in [3.63, 3.8) is 0 Å². The maximum Gasteiger partial charge on any atom is 0.180 e. The van der Waals surface area contributed by atoms with Crippen LogP contribution in [0.4, 0.5) is 10.7 Å². The lowest BCUT2D eigenvalue weighted by Gasteiger charge is -2.17. The molecule has 1 saturated heterocycles. The van der Waals surface area contributed by atoms with Gasteiger partial charge < -0.3 is 16.4 Å². The fourth-order valence-corrected chi connectivity index (χ4v) is 5.43. The van der Waals surface area contributed by atoms with Crippen LogP contribution in [-0.4, -0.2) is 39.6 Å². The number of carbonyl (C=O) groups is 1. The first kappa shape index (κ1) is 14.8. The first-order chi connectivity index (χ1) is 9.79. The van der Waals surface area contributed by atoms with Gasteiger partial charge >= 0.3 is 0 Å². The van der Waals surface area contributed by atoms with E-state index in [-0.39, 0.29) is 28.3 Å². The summed E-state index contributed by atoms with van der Waals surface area (Å²) in [5.74, 6) is 0.00388. The molecule has 2 aliphatic rings. The quantitative estimate of drug-likeness (QED) is 0.794. The van der Waals surface area contributed by atoms with Crippen molar-refractivity contribution in [3.8, 4) is 0 Å². The highest BCUT2D eigenvalue weighted by molar-refractivity contribution is 7.91. The Balaban J connectivity index is 2.09. The standard InChI is InChI=1S/C13H19N3O3S2/c1-21(18,19)12-9(15)11(10(17)7-2-3-7)20-13(12)16-5-4-8(14)6-16/h7-8H,2-6,14-15H2,1H3. The highest BCUT2D eigenvalue weighted by Gasteiger charge is 2.37. The molecule has 1 aromatic heterocycles. The van der Waals surface area contributed by atoms with Crippen molar-refractivity contribution in [2.24, 2.45) is 11.7 Å². The molecule has 1 atom stereocenters. The number of nitrogen functional groups attached to an aromatic ring is 1. The number of thiophene rings is 1. The van der Waals surface area contributed by atoms with E-state index in [0.717, 1.165) is 25.5 Å². The zero-order valence-corrected chi connectivity index (χ0v) is 13.5. The zero-order chi connectivity index (χ0) is 15.4. The summed E-state index contributed by atoms with van der Waals surface area (Å²) in [4.78, 5) is 14.7. The number of carbonyl (C=O) groups excluding carboxylic acids is 1. The van der Waals surface area contributed by atoms with Gasteiger partial charge in [-0.1, -0.05) is 0 Å². The number of sulfone groups is 1. The van der Waals surface area contributed by atoms with E-state index in [4.69, 9.17) is 11.5 Å². The van der Waals surface area contributed by atoms with Gasteiger partial charge in [-0.15, -0.1) is 11.3 Å². The molecule has 0 radical (unpaired) electrons. The third-order valence-corrected chi connectivity index (χ3v) is 6.50. The average molecular weight is 329 g/mol. The molecule has 3 rings (SSSR count). The van der Waals surface area contributed by atoms with Crippen LogP contribution in [0.1, 0.15) is 28.9 Å². The van der Waals surface area contributed by atoms with Crippen LogP contribution in [0.15, 0.2) is 4.90 Å². The molecule has 1 unspecified atom stereocenters. The Labute approximate surface area is 128 Å². The monoisotopic (exact) mass is 329 g/mol. The summed E-state index contributed by atoms with van der Waals surface area (Å²) >= 11 is 1.21. The van der Waals surface area contributed by atoms with E-state index in [1.807, 2.05) is 4.90 Å². The molecule has 0 spiro atoms. The molecular formula is C13H19N3O3S2. The molecular weight excluding hydrogens is 310 g/mol. The molecule has 1 aliphatic carbocycles. The summed E-state index contributed by atoms with van der Waals surface area (Å²) in [5, 5.41) is 0.576. The first-order valence-corrected chi connectivity index (χ1v) is 9.67. The number of nitrogens with zero attached hydrogens (tertiary/aromatic N) is 1. The molecule has 1 aromatic rings. The summed E-state index contributed by atoms with van der Waals surface area (Å²) in [6.45, 7) is 1.29. The van der Waals surface area contributed by atoms with E-state index in [1.165, 1.54) is 11.3 Å². The summed E-state index contributed by atoms with van der Waals surface area (Å²) in [6.07, 6.45) is 3.69. The second-order valence-electron chi connectivity index (χ2n) is 5.88.